The van der Waals surface area contributed by atoms with Crippen molar-refractivity contribution >= 4 is 22.5 Å². The maximum absolute atomic E-state index is 12.6. The lowest BCUT2D eigenvalue weighted by molar-refractivity contribution is -0.127. The second-order valence-corrected chi connectivity index (χ2v) is 9.05. The largest absolute Gasteiger partial charge is 0.479 e. The average molecular weight is 480 g/mol. The number of primary amides is 1. The van der Waals surface area contributed by atoms with Gasteiger partial charge in [-0.1, -0.05) is 24.3 Å². The first-order valence-corrected chi connectivity index (χ1v) is 11.9. The fourth-order valence-corrected chi connectivity index (χ4v) is 5.03. The van der Waals surface area contributed by atoms with Crippen LogP contribution >= 0.6 is 0 Å². The summed E-state index contributed by atoms with van der Waals surface area (Å²) in [6, 6.07) is 23.6. The minimum absolute atomic E-state index is 0.334. The molecule has 5 aromatic rings. The molecule has 1 fully saturated rings. The first-order valence-electron chi connectivity index (χ1n) is 11.9. The minimum atomic E-state index is -0.759. The fraction of sp³-hybridized carbons (Fsp3) is 0.214. The highest BCUT2D eigenvalue weighted by molar-refractivity contribution is 5.87. The van der Waals surface area contributed by atoms with E-state index in [1.165, 1.54) is 0 Å². The zero-order valence-electron chi connectivity index (χ0n) is 19.6. The molecule has 0 spiro atoms. The van der Waals surface area contributed by atoms with Gasteiger partial charge in [0, 0.05) is 19.4 Å². The predicted molar refractivity (Wildman–Crippen MR) is 135 cm³/mol. The van der Waals surface area contributed by atoms with Crippen LogP contribution in [-0.2, 0) is 14.9 Å². The summed E-state index contributed by atoms with van der Waals surface area (Å²) in [6.45, 7) is 1.00. The maximum atomic E-state index is 12.6. The number of hydrogen-bond acceptors (Lipinski definition) is 6. The summed E-state index contributed by atoms with van der Waals surface area (Å²) < 4.78 is 14.0. The van der Waals surface area contributed by atoms with E-state index in [1.807, 2.05) is 71.1 Å². The quantitative estimate of drug-likeness (QED) is 0.395. The van der Waals surface area contributed by atoms with Gasteiger partial charge in [-0.05, 0) is 77.9 Å². The van der Waals surface area contributed by atoms with E-state index in [-0.39, 0.29) is 5.91 Å². The van der Waals surface area contributed by atoms with Gasteiger partial charge in [0.05, 0.1) is 16.6 Å². The molecule has 2 aromatic carbocycles. The third-order valence-electron chi connectivity index (χ3n) is 7.01. The first-order chi connectivity index (χ1) is 17.6. The van der Waals surface area contributed by atoms with Crippen LogP contribution in [0.25, 0.3) is 16.6 Å². The summed E-state index contributed by atoms with van der Waals surface area (Å²) in [5, 5.41) is 9.18. The van der Waals surface area contributed by atoms with E-state index < -0.39 is 11.5 Å². The number of hydrogen-bond donors (Lipinski definition) is 1. The molecule has 1 aliphatic rings. The molecule has 0 aliphatic carbocycles. The predicted octanol–water partition coefficient (Wildman–Crippen LogP) is 3.98. The number of benzene rings is 2. The summed E-state index contributed by atoms with van der Waals surface area (Å²) in [7, 11) is 0. The maximum Gasteiger partial charge on any atom is 0.228 e. The standard InChI is InChI=1S/C28H25N5O3/c29-27(34)28(11-14-35-15-12-28)21-4-3-5-22(17-21)36-26(23-6-1-2-13-30-23)20-7-9-24-19(16-20)8-10-25-32-31-18-33(24)25/h1-10,13,16-18,26H,11-12,14-15H2,(H2,29,34). The number of nitrogens with two attached hydrogens (primary N) is 1. The monoisotopic (exact) mass is 479 g/mol. The summed E-state index contributed by atoms with van der Waals surface area (Å²) in [6.07, 6.45) is 4.12. The van der Waals surface area contributed by atoms with Crippen LogP contribution in [0.5, 0.6) is 5.75 Å². The van der Waals surface area contributed by atoms with Crippen molar-refractivity contribution in [3.8, 4) is 5.75 Å². The van der Waals surface area contributed by atoms with E-state index in [0.29, 0.717) is 31.8 Å². The van der Waals surface area contributed by atoms with Gasteiger partial charge < -0.3 is 15.2 Å². The van der Waals surface area contributed by atoms with Crippen LogP contribution in [0.2, 0.25) is 0 Å². The van der Waals surface area contributed by atoms with Crippen molar-refractivity contribution in [1.82, 2.24) is 19.6 Å². The highest BCUT2D eigenvalue weighted by Crippen LogP contribution is 2.37. The van der Waals surface area contributed by atoms with Crippen molar-refractivity contribution in [3.05, 3.63) is 102 Å². The van der Waals surface area contributed by atoms with Crippen molar-refractivity contribution in [2.45, 2.75) is 24.4 Å². The Hall–Kier alpha value is -4.30. The zero-order chi connectivity index (χ0) is 24.5. The third-order valence-corrected chi connectivity index (χ3v) is 7.01. The van der Waals surface area contributed by atoms with Gasteiger partial charge in [0.1, 0.15) is 12.1 Å². The van der Waals surface area contributed by atoms with Gasteiger partial charge in [0.25, 0.3) is 0 Å². The van der Waals surface area contributed by atoms with Gasteiger partial charge in [-0.15, -0.1) is 10.2 Å². The van der Waals surface area contributed by atoms with Crippen LogP contribution in [-0.4, -0.2) is 38.7 Å². The summed E-state index contributed by atoms with van der Waals surface area (Å²) in [5.41, 5.74) is 9.52. The second-order valence-electron chi connectivity index (χ2n) is 9.05. The number of rotatable bonds is 6. The van der Waals surface area contributed by atoms with Crippen molar-refractivity contribution in [3.63, 3.8) is 0 Å². The van der Waals surface area contributed by atoms with E-state index in [4.69, 9.17) is 15.2 Å². The Bertz CT molecular complexity index is 1540. The average Bonchev–Trinajstić information content (AvgIpc) is 3.42. The molecule has 0 bridgehead atoms. The van der Waals surface area contributed by atoms with Crippen LogP contribution in [0.1, 0.15) is 35.8 Å². The van der Waals surface area contributed by atoms with Gasteiger partial charge >= 0.3 is 0 Å². The SMILES string of the molecule is NC(=O)C1(c2cccc(OC(c3ccc4c(ccc5nncn54)c3)c3ccccn3)c2)CCOCC1. The number of amides is 1. The summed E-state index contributed by atoms with van der Waals surface area (Å²) in [4.78, 5) is 17.1. The van der Waals surface area contributed by atoms with Crippen LogP contribution in [0.3, 0.4) is 0 Å². The molecule has 1 amide bonds. The van der Waals surface area contributed by atoms with E-state index >= 15 is 0 Å². The molecule has 1 aliphatic heterocycles. The number of carbonyl (C=O) groups is 1. The second kappa shape index (κ2) is 9.05. The molecule has 8 nitrogen and oxygen atoms in total. The van der Waals surface area contributed by atoms with Crippen LogP contribution in [0, 0.1) is 0 Å². The molecule has 6 rings (SSSR count). The van der Waals surface area contributed by atoms with Crippen molar-refractivity contribution in [1.29, 1.82) is 0 Å². The highest BCUT2D eigenvalue weighted by atomic mass is 16.5. The molecule has 1 saturated heterocycles. The lowest BCUT2D eigenvalue weighted by atomic mass is 9.73. The molecule has 8 heteroatoms. The van der Waals surface area contributed by atoms with E-state index in [1.54, 1.807) is 12.5 Å². The molecule has 36 heavy (non-hydrogen) atoms. The Morgan fingerprint density at radius 3 is 2.72 bits per heavy atom. The number of fused-ring (bicyclic) bond motifs is 3. The van der Waals surface area contributed by atoms with Gasteiger partial charge in [-0.3, -0.25) is 14.2 Å². The van der Waals surface area contributed by atoms with Crippen LogP contribution in [0.4, 0.5) is 0 Å². The summed E-state index contributed by atoms with van der Waals surface area (Å²) in [5.74, 6) is 0.309. The third kappa shape index (κ3) is 3.85. The Morgan fingerprint density at radius 1 is 1.03 bits per heavy atom. The van der Waals surface area contributed by atoms with Crippen LogP contribution < -0.4 is 10.5 Å². The number of aromatic nitrogens is 4. The smallest absolute Gasteiger partial charge is 0.228 e. The Balaban J connectivity index is 1.41. The number of nitrogens with zero attached hydrogens (tertiary/aromatic N) is 4. The Kier molecular flexibility index (Phi) is 5.58. The molecular formula is C28H25N5O3. The molecule has 0 radical (unpaired) electrons. The van der Waals surface area contributed by atoms with Gasteiger partial charge in [0.15, 0.2) is 11.8 Å². The van der Waals surface area contributed by atoms with Crippen molar-refractivity contribution in [2.75, 3.05) is 13.2 Å². The molecule has 0 saturated carbocycles. The number of ether oxygens (including phenoxy) is 2. The lowest BCUT2D eigenvalue weighted by Crippen LogP contribution is -2.45. The normalized spacial score (nSPS) is 16.1. The summed E-state index contributed by atoms with van der Waals surface area (Å²) >= 11 is 0. The molecule has 2 N–H and O–H groups in total. The van der Waals surface area contributed by atoms with E-state index in [2.05, 4.69) is 21.2 Å². The first kappa shape index (κ1) is 22.2. The molecular weight excluding hydrogens is 454 g/mol. The number of carbonyl (C=O) groups excluding carboxylic acids is 1. The van der Waals surface area contributed by atoms with Crippen LogP contribution in [0.15, 0.2) is 85.3 Å². The number of pyridine rings is 2. The minimum Gasteiger partial charge on any atom is -0.479 e. The van der Waals surface area contributed by atoms with E-state index in [9.17, 15) is 4.79 Å². The van der Waals surface area contributed by atoms with Crippen molar-refractivity contribution in [2.24, 2.45) is 5.73 Å². The lowest BCUT2D eigenvalue weighted by Gasteiger charge is -2.35. The van der Waals surface area contributed by atoms with Crippen molar-refractivity contribution < 1.29 is 14.3 Å². The molecule has 1 atom stereocenters. The zero-order valence-corrected chi connectivity index (χ0v) is 19.6. The topological polar surface area (TPSA) is 105 Å². The molecule has 4 heterocycles. The van der Waals surface area contributed by atoms with Gasteiger partial charge in [-0.2, -0.15) is 0 Å². The Morgan fingerprint density at radius 2 is 1.92 bits per heavy atom. The highest BCUT2D eigenvalue weighted by Gasteiger charge is 2.40. The van der Waals surface area contributed by atoms with Gasteiger partial charge in [-0.25, -0.2) is 0 Å². The van der Waals surface area contributed by atoms with Gasteiger partial charge in [0.2, 0.25) is 5.91 Å². The Labute approximate surface area is 207 Å². The fourth-order valence-electron chi connectivity index (χ4n) is 5.03. The van der Waals surface area contributed by atoms with E-state index in [0.717, 1.165) is 33.4 Å². The molecule has 3 aromatic heterocycles. The molecule has 180 valence electrons. The molecule has 1 unspecified atom stereocenters.